The van der Waals surface area contributed by atoms with Crippen LogP contribution < -0.4 is 5.73 Å². The Balaban J connectivity index is 1.64. The highest BCUT2D eigenvalue weighted by atomic mass is 32.1. The quantitative estimate of drug-likeness (QED) is 0.782. The first-order chi connectivity index (χ1) is 8.38. The number of piperidine rings is 1. The van der Waals surface area contributed by atoms with E-state index in [1.165, 1.54) is 5.01 Å². The highest BCUT2D eigenvalue weighted by Gasteiger charge is 2.19. The maximum absolute atomic E-state index is 5.79. The van der Waals surface area contributed by atoms with Gasteiger partial charge in [0.1, 0.15) is 5.01 Å². The summed E-state index contributed by atoms with van der Waals surface area (Å²) in [5.41, 5.74) is 5.45. The van der Waals surface area contributed by atoms with Gasteiger partial charge >= 0.3 is 0 Å². The van der Waals surface area contributed by atoms with Crippen LogP contribution in [0.1, 0.15) is 24.3 Å². The number of hydrogen-bond donors (Lipinski definition) is 1. The minimum absolute atomic E-state index is 0.439. The van der Waals surface area contributed by atoms with Gasteiger partial charge in [0.15, 0.2) is 0 Å². The Hall–Kier alpha value is -0.490. The molecule has 2 N–H and O–H groups in total. The second-order valence-electron chi connectivity index (χ2n) is 4.41. The summed E-state index contributed by atoms with van der Waals surface area (Å²) in [6.07, 6.45) is 5.56. The van der Waals surface area contributed by atoms with E-state index in [0.29, 0.717) is 6.10 Å². The molecule has 1 aromatic rings. The number of likely N-dealkylation sites (tertiary alicyclic amines) is 1. The number of rotatable bonds is 6. The van der Waals surface area contributed by atoms with Gasteiger partial charge in [0, 0.05) is 31.3 Å². The predicted molar refractivity (Wildman–Crippen MR) is 70.0 cm³/mol. The third kappa shape index (κ3) is 4.35. The maximum Gasteiger partial charge on any atom is 0.107 e. The zero-order valence-electron chi connectivity index (χ0n) is 10.2. The van der Waals surface area contributed by atoms with Crippen LogP contribution in [0.2, 0.25) is 0 Å². The lowest BCUT2D eigenvalue weighted by Gasteiger charge is -2.31. The summed E-state index contributed by atoms with van der Waals surface area (Å²) in [6, 6.07) is 0. The van der Waals surface area contributed by atoms with Crippen LogP contribution in [0.3, 0.4) is 0 Å². The van der Waals surface area contributed by atoms with Gasteiger partial charge in [-0.2, -0.15) is 0 Å². The lowest BCUT2D eigenvalue weighted by Crippen LogP contribution is -2.36. The SMILES string of the molecule is NCCCOC1CCN(Cc2nccs2)CC1. The van der Waals surface area contributed by atoms with E-state index in [9.17, 15) is 0 Å². The highest BCUT2D eigenvalue weighted by Crippen LogP contribution is 2.17. The van der Waals surface area contributed by atoms with Crippen LogP contribution in [0.4, 0.5) is 0 Å². The van der Waals surface area contributed by atoms with Crippen molar-refractivity contribution in [2.75, 3.05) is 26.2 Å². The summed E-state index contributed by atoms with van der Waals surface area (Å²) < 4.78 is 5.79. The van der Waals surface area contributed by atoms with Crippen LogP contribution in [-0.4, -0.2) is 42.2 Å². The molecule has 5 heteroatoms. The predicted octanol–water partition coefficient (Wildman–Crippen LogP) is 1.47. The highest BCUT2D eigenvalue weighted by molar-refractivity contribution is 7.09. The molecular formula is C12H21N3OS. The van der Waals surface area contributed by atoms with Crippen molar-refractivity contribution in [1.29, 1.82) is 0 Å². The smallest absolute Gasteiger partial charge is 0.107 e. The number of ether oxygens (including phenoxy) is 1. The normalized spacial score (nSPS) is 18.6. The topological polar surface area (TPSA) is 51.4 Å². The molecule has 0 radical (unpaired) electrons. The van der Waals surface area contributed by atoms with Crippen molar-refractivity contribution in [3.8, 4) is 0 Å². The summed E-state index contributed by atoms with van der Waals surface area (Å²) in [7, 11) is 0. The van der Waals surface area contributed by atoms with Gasteiger partial charge in [-0.3, -0.25) is 4.90 Å². The molecule has 0 aromatic carbocycles. The van der Waals surface area contributed by atoms with Gasteiger partial charge in [-0.25, -0.2) is 4.98 Å². The maximum atomic E-state index is 5.79. The van der Waals surface area contributed by atoms with Gasteiger partial charge in [0.25, 0.3) is 0 Å². The van der Waals surface area contributed by atoms with Gasteiger partial charge in [-0.15, -0.1) is 11.3 Å². The molecule has 2 rings (SSSR count). The molecule has 0 amide bonds. The standard InChI is InChI=1S/C12H21N3OS/c13-4-1-8-16-11-2-6-15(7-3-11)10-12-14-5-9-17-12/h5,9,11H,1-4,6-8,10,13H2. The lowest BCUT2D eigenvalue weighted by atomic mass is 10.1. The number of thiazole rings is 1. The molecule has 1 aliphatic heterocycles. The second-order valence-corrected chi connectivity index (χ2v) is 5.39. The summed E-state index contributed by atoms with van der Waals surface area (Å²) in [5.74, 6) is 0. The van der Waals surface area contributed by atoms with Gasteiger partial charge in [-0.05, 0) is 25.8 Å². The van der Waals surface area contributed by atoms with Crippen molar-refractivity contribution in [3.05, 3.63) is 16.6 Å². The zero-order valence-corrected chi connectivity index (χ0v) is 11.0. The van der Waals surface area contributed by atoms with Crippen LogP contribution in [0, 0.1) is 0 Å². The molecule has 0 aliphatic carbocycles. The average molecular weight is 255 g/mol. The fourth-order valence-corrected chi connectivity index (χ4v) is 2.75. The van der Waals surface area contributed by atoms with E-state index in [2.05, 4.69) is 9.88 Å². The van der Waals surface area contributed by atoms with E-state index < -0.39 is 0 Å². The molecule has 0 atom stereocenters. The second kappa shape index (κ2) is 7.06. The molecule has 17 heavy (non-hydrogen) atoms. The minimum Gasteiger partial charge on any atom is -0.378 e. The van der Waals surface area contributed by atoms with E-state index in [-0.39, 0.29) is 0 Å². The average Bonchev–Trinajstić information content (AvgIpc) is 2.85. The lowest BCUT2D eigenvalue weighted by molar-refractivity contribution is 0.00562. The van der Waals surface area contributed by atoms with Crippen molar-refractivity contribution in [1.82, 2.24) is 9.88 Å². The Morgan fingerprint density at radius 2 is 2.29 bits per heavy atom. The van der Waals surface area contributed by atoms with Gasteiger partial charge in [0.05, 0.1) is 12.6 Å². The van der Waals surface area contributed by atoms with Crippen molar-refractivity contribution < 1.29 is 4.74 Å². The van der Waals surface area contributed by atoms with E-state index >= 15 is 0 Å². The zero-order chi connectivity index (χ0) is 11.9. The number of nitrogens with two attached hydrogens (primary N) is 1. The van der Waals surface area contributed by atoms with Crippen LogP contribution in [0.15, 0.2) is 11.6 Å². The first kappa shape index (κ1) is 13.0. The fourth-order valence-electron chi connectivity index (χ4n) is 2.09. The summed E-state index contributed by atoms with van der Waals surface area (Å²) in [6.45, 7) is 4.77. The van der Waals surface area contributed by atoms with Crippen LogP contribution in [0.5, 0.6) is 0 Å². The van der Waals surface area contributed by atoms with Crippen molar-refractivity contribution in [2.45, 2.75) is 31.9 Å². The van der Waals surface area contributed by atoms with Crippen LogP contribution >= 0.6 is 11.3 Å². The molecule has 2 heterocycles. The van der Waals surface area contributed by atoms with Crippen molar-refractivity contribution in [3.63, 3.8) is 0 Å². The Morgan fingerprint density at radius 1 is 1.47 bits per heavy atom. The summed E-state index contributed by atoms with van der Waals surface area (Å²) in [4.78, 5) is 6.78. The van der Waals surface area contributed by atoms with E-state index in [1.54, 1.807) is 11.3 Å². The van der Waals surface area contributed by atoms with Gasteiger partial charge in [-0.1, -0.05) is 0 Å². The van der Waals surface area contributed by atoms with E-state index in [0.717, 1.165) is 52.0 Å². The van der Waals surface area contributed by atoms with E-state index in [4.69, 9.17) is 10.5 Å². The molecule has 4 nitrogen and oxygen atoms in total. The molecule has 1 aromatic heterocycles. The minimum atomic E-state index is 0.439. The number of aromatic nitrogens is 1. The molecule has 0 bridgehead atoms. The molecular weight excluding hydrogens is 234 g/mol. The van der Waals surface area contributed by atoms with Crippen molar-refractivity contribution >= 4 is 11.3 Å². The molecule has 1 fully saturated rings. The first-order valence-corrected chi connectivity index (χ1v) is 7.19. The van der Waals surface area contributed by atoms with Gasteiger partial charge < -0.3 is 10.5 Å². The molecule has 0 unspecified atom stereocenters. The molecule has 0 spiro atoms. The third-order valence-electron chi connectivity index (χ3n) is 3.08. The van der Waals surface area contributed by atoms with Crippen LogP contribution in [0.25, 0.3) is 0 Å². The third-order valence-corrected chi connectivity index (χ3v) is 3.84. The summed E-state index contributed by atoms with van der Waals surface area (Å²) >= 11 is 1.74. The Labute approximate surface area is 107 Å². The largest absolute Gasteiger partial charge is 0.378 e. The van der Waals surface area contributed by atoms with Gasteiger partial charge in [0.2, 0.25) is 0 Å². The molecule has 1 aliphatic rings. The first-order valence-electron chi connectivity index (χ1n) is 6.31. The van der Waals surface area contributed by atoms with E-state index in [1.807, 2.05) is 11.6 Å². The molecule has 0 saturated carbocycles. The monoisotopic (exact) mass is 255 g/mol. The number of nitrogens with zero attached hydrogens (tertiary/aromatic N) is 2. The fraction of sp³-hybridized carbons (Fsp3) is 0.750. The van der Waals surface area contributed by atoms with Crippen LogP contribution in [-0.2, 0) is 11.3 Å². The summed E-state index contributed by atoms with van der Waals surface area (Å²) in [5, 5.41) is 3.25. The Kier molecular flexibility index (Phi) is 5.38. The van der Waals surface area contributed by atoms with Crippen molar-refractivity contribution in [2.24, 2.45) is 5.73 Å². The molecule has 96 valence electrons. The molecule has 1 saturated heterocycles. The Morgan fingerprint density at radius 3 is 2.94 bits per heavy atom. The Bertz CT molecular complexity index is 297. The number of hydrogen-bond acceptors (Lipinski definition) is 5.